The summed E-state index contributed by atoms with van der Waals surface area (Å²) in [4.78, 5) is 0. The molecule has 0 heterocycles. The van der Waals surface area contributed by atoms with Crippen molar-refractivity contribution >= 4 is 0 Å². The first-order chi connectivity index (χ1) is 9.83. The lowest BCUT2D eigenvalue weighted by Crippen LogP contribution is -2.10. The molecule has 0 aliphatic heterocycles. The molecule has 0 aliphatic rings. The van der Waals surface area contributed by atoms with Gasteiger partial charge in [0.1, 0.15) is 0 Å². The van der Waals surface area contributed by atoms with E-state index in [2.05, 4.69) is 0 Å². The van der Waals surface area contributed by atoms with Gasteiger partial charge in [0.2, 0.25) is 0 Å². The van der Waals surface area contributed by atoms with Gasteiger partial charge in [0.05, 0.1) is 52.9 Å². The molecule has 0 fully saturated rings. The second-order valence-electron chi connectivity index (χ2n) is 3.60. The maximum absolute atomic E-state index is 5.16. The summed E-state index contributed by atoms with van der Waals surface area (Å²) in [5, 5.41) is 0. The van der Waals surface area contributed by atoms with E-state index in [1.54, 1.807) is 14.2 Å². The van der Waals surface area contributed by atoms with Gasteiger partial charge in [-0.15, -0.1) is 0 Å². The summed E-state index contributed by atoms with van der Waals surface area (Å²) >= 11 is 0. The minimum Gasteiger partial charge on any atom is -0.382 e. The fourth-order valence-electron chi connectivity index (χ4n) is 1.01. The number of rotatable bonds is 14. The van der Waals surface area contributed by atoms with Gasteiger partial charge in [-0.1, -0.05) is 0 Å². The Labute approximate surface area is 123 Å². The molecule has 0 aromatic heterocycles. The quantitative estimate of drug-likeness (QED) is 0.451. The highest BCUT2D eigenvalue weighted by molar-refractivity contribution is 4.32. The summed E-state index contributed by atoms with van der Waals surface area (Å²) in [6.45, 7) is 10.7. The van der Waals surface area contributed by atoms with Crippen LogP contribution in [0.15, 0.2) is 0 Å². The average molecular weight is 296 g/mol. The number of hydrogen-bond acceptors (Lipinski definition) is 6. The lowest BCUT2D eigenvalue weighted by atomic mass is 10.7. The third-order valence-corrected chi connectivity index (χ3v) is 2.02. The van der Waals surface area contributed by atoms with Gasteiger partial charge >= 0.3 is 0 Å². The van der Waals surface area contributed by atoms with Crippen molar-refractivity contribution < 1.29 is 28.4 Å². The van der Waals surface area contributed by atoms with Crippen molar-refractivity contribution in [2.45, 2.75) is 13.8 Å². The molecule has 6 nitrogen and oxygen atoms in total. The van der Waals surface area contributed by atoms with E-state index in [9.17, 15) is 0 Å². The molecule has 0 aromatic rings. The van der Waals surface area contributed by atoms with E-state index in [-0.39, 0.29) is 0 Å². The van der Waals surface area contributed by atoms with Crippen molar-refractivity contribution in [3.05, 3.63) is 0 Å². The molecule has 0 aromatic carbocycles. The van der Waals surface area contributed by atoms with Crippen LogP contribution in [0.4, 0.5) is 0 Å². The van der Waals surface area contributed by atoms with Crippen molar-refractivity contribution in [2.75, 3.05) is 80.3 Å². The van der Waals surface area contributed by atoms with Crippen LogP contribution in [0.1, 0.15) is 13.8 Å². The Morgan fingerprint density at radius 3 is 1.05 bits per heavy atom. The van der Waals surface area contributed by atoms with Gasteiger partial charge in [-0.25, -0.2) is 0 Å². The summed E-state index contributed by atoms with van der Waals surface area (Å²) in [5.74, 6) is 0. The van der Waals surface area contributed by atoms with Crippen LogP contribution in [-0.2, 0) is 28.4 Å². The van der Waals surface area contributed by atoms with Gasteiger partial charge in [-0.05, 0) is 13.8 Å². The average Bonchev–Trinajstić information content (AvgIpc) is 2.47. The monoisotopic (exact) mass is 296 g/mol. The molecule has 6 heteroatoms. The van der Waals surface area contributed by atoms with Crippen molar-refractivity contribution in [3.8, 4) is 0 Å². The van der Waals surface area contributed by atoms with E-state index >= 15 is 0 Å². The van der Waals surface area contributed by atoms with Gasteiger partial charge < -0.3 is 28.4 Å². The second-order valence-corrected chi connectivity index (χ2v) is 3.60. The first-order valence-electron chi connectivity index (χ1n) is 7.12. The molecule has 20 heavy (non-hydrogen) atoms. The SMILES string of the molecule is CCOCCOCC.COCCOCCOCCOC. The number of hydrogen-bond donors (Lipinski definition) is 0. The summed E-state index contributed by atoms with van der Waals surface area (Å²) in [6.07, 6.45) is 0. The van der Waals surface area contributed by atoms with Crippen LogP contribution in [0, 0.1) is 0 Å². The van der Waals surface area contributed by atoms with Gasteiger partial charge in [0.15, 0.2) is 0 Å². The molecule has 124 valence electrons. The molecule has 0 N–H and O–H groups in total. The van der Waals surface area contributed by atoms with Crippen LogP contribution in [0.3, 0.4) is 0 Å². The molecule has 0 amide bonds. The predicted octanol–water partition coefficient (Wildman–Crippen LogP) is 1.37. The highest BCUT2D eigenvalue weighted by Gasteiger charge is 1.88. The zero-order valence-electron chi connectivity index (χ0n) is 13.5. The molecular formula is C14H32O6. The number of methoxy groups -OCH3 is 2. The summed E-state index contributed by atoms with van der Waals surface area (Å²) in [6, 6.07) is 0. The van der Waals surface area contributed by atoms with Crippen LogP contribution in [-0.4, -0.2) is 80.3 Å². The maximum Gasteiger partial charge on any atom is 0.0701 e. The summed E-state index contributed by atoms with van der Waals surface area (Å²) < 4.78 is 30.0. The Kier molecular flexibility index (Phi) is 26.3. The molecule has 0 atom stereocenters. The zero-order chi connectivity index (χ0) is 15.3. The first-order valence-corrected chi connectivity index (χ1v) is 7.12. The Hall–Kier alpha value is -0.240. The Morgan fingerprint density at radius 2 is 0.750 bits per heavy atom. The molecule has 0 saturated heterocycles. The normalized spacial score (nSPS) is 10.2. The van der Waals surface area contributed by atoms with Crippen LogP contribution in [0.5, 0.6) is 0 Å². The largest absolute Gasteiger partial charge is 0.382 e. The van der Waals surface area contributed by atoms with E-state index in [4.69, 9.17) is 28.4 Å². The Bertz CT molecular complexity index is 130. The van der Waals surface area contributed by atoms with E-state index in [1.165, 1.54) is 0 Å². The Morgan fingerprint density at radius 1 is 0.450 bits per heavy atom. The molecule has 0 radical (unpaired) electrons. The van der Waals surface area contributed by atoms with Crippen molar-refractivity contribution in [2.24, 2.45) is 0 Å². The molecule has 0 rings (SSSR count). The summed E-state index contributed by atoms with van der Waals surface area (Å²) in [5.41, 5.74) is 0. The lowest BCUT2D eigenvalue weighted by molar-refractivity contribution is 0.0106. The zero-order valence-corrected chi connectivity index (χ0v) is 13.5. The highest BCUT2D eigenvalue weighted by Crippen LogP contribution is 1.79. The highest BCUT2D eigenvalue weighted by atomic mass is 16.5. The molecular weight excluding hydrogens is 264 g/mol. The second kappa shape index (κ2) is 23.8. The van der Waals surface area contributed by atoms with Crippen LogP contribution in [0.2, 0.25) is 0 Å². The minimum atomic E-state index is 0.618. The molecule has 0 bridgehead atoms. The third-order valence-electron chi connectivity index (χ3n) is 2.02. The fraction of sp³-hybridized carbons (Fsp3) is 1.00. The van der Waals surface area contributed by atoms with Gasteiger partial charge in [-0.3, -0.25) is 0 Å². The van der Waals surface area contributed by atoms with Crippen molar-refractivity contribution in [3.63, 3.8) is 0 Å². The maximum atomic E-state index is 5.16. The van der Waals surface area contributed by atoms with Gasteiger partial charge in [0.25, 0.3) is 0 Å². The summed E-state index contributed by atoms with van der Waals surface area (Å²) in [7, 11) is 3.30. The molecule has 0 spiro atoms. The number of ether oxygens (including phenoxy) is 6. The van der Waals surface area contributed by atoms with E-state index < -0.39 is 0 Å². The lowest BCUT2D eigenvalue weighted by Gasteiger charge is -2.04. The smallest absolute Gasteiger partial charge is 0.0701 e. The van der Waals surface area contributed by atoms with Gasteiger partial charge in [-0.2, -0.15) is 0 Å². The first kappa shape index (κ1) is 22.0. The minimum absolute atomic E-state index is 0.618. The topological polar surface area (TPSA) is 55.4 Å². The molecule has 0 aliphatic carbocycles. The third kappa shape index (κ3) is 26.3. The van der Waals surface area contributed by atoms with E-state index in [0.29, 0.717) is 39.6 Å². The predicted molar refractivity (Wildman–Crippen MR) is 78.4 cm³/mol. The van der Waals surface area contributed by atoms with Crippen LogP contribution < -0.4 is 0 Å². The standard InChI is InChI=1S/C8H18O4.C6H14O2/c1-9-3-5-11-7-8-12-6-4-10-2;1-3-7-5-6-8-4-2/h3-8H2,1-2H3;3-6H2,1-2H3. The van der Waals surface area contributed by atoms with E-state index in [1.807, 2.05) is 13.8 Å². The van der Waals surface area contributed by atoms with Crippen LogP contribution in [0.25, 0.3) is 0 Å². The van der Waals surface area contributed by atoms with Crippen LogP contribution >= 0.6 is 0 Å². The van der Waals surface area contributed by atoms with Crippen molar-refractivity contribution in [1.82, 2.24) is 0 Å². The Balaban J connectivity index is 0. The molecule has 0 saturated carbocycles. The van der Waals surface area contributed by atoms with Crippen molar-refractivity contribution in [1.29, 1.82) is 0 Å². The van der Waals surface area contributed by atoms with E-state index in [0.717, 1.165) is 26.4 Å². The fourth-order valence-corrected chi connectivity index (χ4v) is 1.01. The van der Waals surface area contributed by atoms with Gasteiger partial charge in [0, 0.05) is 27.4 Å². The molecule has 0 unspecified atom stereocenters.